The quantitative estimate of drug-likeness (QED) is 0.645. The Bertz CT molecular complexity index is 1060. The van der Waals surface area contributed by atoms with Crippen molar-refractivity contribution in [1.82, 2.24) is 15.3 Å². The number of carbonyl (C=O) groups excluding carboxylic acids is 1. The second kappa shape index (κ2) is 7.72. The molecule has 3 aliphatic rings. The molecule has 8 nitrogen and oxygen atoms in total. The normalized spacial score (nSPS) is 23.9. The zero-order valence-electron chi connectivity index (χ0n) is 17.6. The van der Waals surface area contributed by atoms with Gasteiger partial charge in [-0.3, -0.25) is 4.79 Å². The molecule has 3 heterocycles. The number of nitrogens with one attached hydrogen (secondary N) is 1. The predicted molar refractivity (Wildman–Crippen MR) is 110 cm³/mol. The van der Waals surface area contributed by atoms with E-state index in [9.17, 15) is 18.7 Å². The van der Waals surface area contributed by atoms with Gasteiger partial charge in [0.2, 0.25) is 5.95 Å². The third-order valence-electron chi connectivity index (χ3n) is 6.55. The number of carbonyl (C=O) groups is 1. The molecular weight excluding hydrogens is 422 g/mol. The van der Waals surface area contributed by atoms with E-state index < -0.39 is 17.6 Å². The lowest BCUT2D eigenvalue weighted by atomic mass is 9.84. The third kappa shape index (κ3) is 3.33. The van der Waals surface area contributed by atoms with Crippen LogP contribution in [0.25, 0.3) is 11.3 Å². The third-order valence-corrected chi connectivity index (χ3v) is 6.55. The number of ether oxygens (including phenoxy) is 2. The van der Waals surface area contributed by atoms with E-state index in [2.05, 4.69) is 15.3 Å². The minimum Gasteiger partial charge on any atom is -0.465 e. The van der Waals surface area contributed by atoms with E-state index in [4.69, 9.17) is 9.47 Å². The number of fused-ring (bicyclic) bond motifs is 2. The van der Waals surface area contributed by atoms with Crippen molar-refractivity contribution < 1.29 is 28.2 Å². The van der Waals surface area contributed by atoms with E-state index in [1.165, 1.54) is 0 Å². The number of anilines is 1. The number of aliphatic hydroxyl groups excluding tert-OH is 1. The molecule has 5 rings (SSSR count). The van der Waals surface area contributed by atoms with Crippen molar-refractivity contribution in [2.24, 2.45) is 0 Å². The van der Waals surface area contributed by atoms with Gasteiger partial charge in [0.25, 0.3) is 12.4 Å². The summed E-state index contributed by atoms with van der Waals surface area (Å²) < 4.78 is 40.0. The molecule has 170 valence electrons. The number of aliphatic hydroxyl groups is 1. The van der Waals surface area contributed by atoms with Crippen molar-refractivity contribution >= 4 is 12.4 Å². The van der Waals surface area contributed by atoms with Gasteiger partial charge in [0.05, 0.1) is 25.0 Å². The van der Waals surface area contributed by atoms with Gasteiger partial charge in [-0.1, -0.05) is 12.1 Å². The number of rotatable bonds is 6. The summed E-state index contributed by atoms with van der Waals surface area (Å²) in [6.45, 7) is 1.84. The second-order valence-electron chi connectivity index (χ2n) is 8.57. The molecular formula is C22H24F2N4O4. The van der Waals surface area contributed by atoms with Crippen molar-refractivity contribution in [3.63, 3.8) is 0 Å². The fourth-order valence-electron chi connectivity index (χ4n) is 4.73. The molecule has 2 aromatic rings. The lowest BCUT2D eigenvalue weighted by molar-refractivity contribution is -0.132. The Morgan fingerprint density at radius 2 is 2.19 bits per heavy atom. The molecule has 0 saturated carbocycles. The van der Waals surface area contributed by atoms with E-state index in [1.54, 1.807) is 11.9 Å². The highest BCUT2D eigenvalue weighted by Crippen LogP contribution is 2.45. The summed E-state index contributed by atoms with van der Waals surface area (Å²) in [6.07, 6.45) is -0.599. The molecule has 1 unspecified atom stereocenters. The van der Waals surface area contributed by atoms with Gasteiger partial charge in [-0.05, 0) is 30.7 Å². The molecule has 1 aromatic heterocycles. The van der Waals surface area contributed by atoms with Crippen LogP contribution in [0.3, 0.4) is 0 Å². The van der Waals surface area contributed by atoms with Gasteiger partial charge in [0.15, 0.2) is 0 Å². The van der Waals surface area contributed by atoms with Gasteiger partial charge in [0.1, 0.15) is 17.8 Å². The highest BCUT2D eigenvalue weighted by atomic mass is 19.3. The first-order valence-electron chi connectivity index (χ1n) is 10.5. The number of likely N-dealkylation sites (N-methyl/N-ethyl adjacent to an activating group) is 1. The van der Waals surface area contributed by atoms with Crippen molar-refractivity contribution in [3.8, 4) is 11.3 Å². The first kappa shape index (κ1) is 21.2. The SMILES string of the molecule is CNC1(COC=O)COCc2cc(-c3nc(N4CC(O)C4)nc4c3CCC4(F)F)ccc21. The summed E-state index contributed by atoms with van der Waals surface area (Å²) in [5, 5.41) is 12.8. The van der Waals surface area contributed by atoms with Crippen LogP contribution in [-0.4, -0.2) is 61.0 Å². The van der Waals surface area contributed by atoms with Crippen molar-refractivity contribution in [2.75, 3.05) is 38.3 Å². The van der Waals surface area contributed by atoms with Gasteiger partial charge < -0.3 is 24.8 Å². The maximum Gasteiger partial charge on any atom is 0.293 e. The predicted octanol–water partition coefficient (Wildman–Crippen LogP) is 1.48. The number of benzene rings is 1. The zero-order chi connectivity index (χ0) is 22.5. The van der Waals surface area contributed by atoms with E-state index in [-0.39, 0.29) is 31.1 Å². The smallest absolute Gasteiger partial charge is 0.293 e. The van der Waals surface area contributed by atoms with E-state index in [1.807, 2.05) is 18.2 Å². The highest BCUT2D eigenvalue weighted by molar-refractivity contribution is 5.69. The van der Waals surface area contributed by atoms with Crippen LogP contribution in [0.15, 0.2) is 18.2 Å². The van der Waals surface area contributed by atoms with Crippen LogP contribution in [0, 0.1) is 0 Å². The molecule has 2 N–H and O–H groups in total. The van der Waals surface area contributed by atoms with Crippen molar-refractivity contribution in [3.05, 3.63) is 40.6 Å². The molecule has 2 aliphatic heterocycles. The monoisotopic (exact) mass is 446 g/mol. The standard InChI is InChI=1S/C22H24F2N4O4/c1-25-21(11-32-12-29)10-31-9-14-6-13(2-3-17(14)21)18-16-4-5-22(23,24)19(16)27-20(26-18)28-7-15(30)8-28/h2-3,6,12,15,25,30H,4-5,7-11H2,1H3. The molecule has 1 aliphatic carbocycles. The van der Waals surface area contributed by atoms with Crippen LogP contribution in [0.4, 0.5) is 14.7 Å². The Balaban J connectivity index is 1.59. The van der Waals surface area contributed by atoms with Gasteiger partial charge >= 0.3 is 0 Å². The first-order valence-corrected chi connectivity index (χ1v) is 10.5. The second-order valence-corrected chi connectivity index (χ2v) is 8.57. The number of hydrogen-bond acceptors (Lipinski definition) is 8. The van der Waals surface area contributed by atoms with Gasteiger partial charge in [-0.25, -0.2) is 9.97 Å². The number of alkyl halides is 2. The van der Waals surface area contributed by atoms with Gasteiger partial charge in [0, 0.05) is 30.6 Å². The lowest BCUT2D eigenvalue weighted by Gasteiger charge is -2.38. The van der Waals surface area contributed by atoms with Gasteiger partial charge in [-0.15, -0.1) is 0 Å². The van der Waals surface area contributed by atoms with Crippen LogP contribution in [-0.2, 0) is 38.8 Å². The van der Waals surface area contributed by atoms with Crippen LogP contribution in [0.5, 0.6) is 0 Å². The maximum absolute atomic E-state index is 14.6. The Kier molecular flexibility index (Phi) is 5.11. The number of β-amino-alcohol motifs (C(OH)–C–C–N with tert-alkyl or cyclic N) is 1. The van der Waals surface area contributed by atoms with E-state index in [0.717, 1.165) is 11.1 Å². The fourth-order valence-corrected chi connectivity index (χ4v) is 4.73. The van der Waals surface area contributed by atoms with E-state index >= 15 is 0 Å². The average Bonchev–Trinajstić information content (AvgIpc) is 3.09. The molecule has 1 aromatic carbocycles. The summed E-state index contributed by atoms with van der Waals surface area (Å²) in [5.41, 5.74) is 2.53. The van der Waals surface area contributed by atoms with Gasteiger partial charge in [-0.2, -0.15) is 8.78 Å². The summed E-state index contributed by atoms with van der Waals surface area (Å²) in [5.74, 6) is -2.79. The summed E-state index contributed by atoms with van der Waals surface area (Å²) in [6, 6.07) is 5.66. The minimum absolute atomic E-state index is 0.107. The Morgan fingerprint density at radius 1 is 1.38 bits per heavy atom. The first-order chi connectivity index (χ1) is 15.4. The van der Waals surface area contributed by atoms with E-state index in [0.29, 0.717) is 49.6 Å². The number of aromatic nitrogens is 2. The summed E-state index contributed by atoms with van der Waals surface area (Å²) in [4.78, 5) is 21.3. The number of nitrogens with zero attached hydrogens (tertiary/aromatic N) is 3. The summed E-state index contributed by atoms with van der Waals surface area (Å²) >= 11 is 0. The fraction of sp³-hybridized carbons (Fsp3) is 0.500. The molecule has 0 radical (unpaired) electrons. The van der Waals surface area contributed by atoms with Crippen molar-refractivity contribution in [1.29, 1.82) is 0 Å². The molecule has 1 saturated heterocycles. The molecule has 0 spiro atoms. The van der Waals surface area contributed by atoms with Crippen LogP contribution < -0.4 is 10.2 Å². The molecule has 0 amide bonds. The summed E-state index contributed by atoms with van der Waals surface area (Å²) in [7, 11) is 1.77. The van der Waals surface area contributed by atoms with Crippen LogP contribution in [0.2, 0.25) is 0 Å². The average molecular weight is 446 g/mol. The largest absolute Gasteiger partial charge is 0.465 e. The molecule has 1 atom stereocenters. The molecule has 10 heteroatoms. The Labute approximate surface area is 183 Å². The highest BCUT2D eigenvalue weighted by Gasteiger charge is 2.44. The lowest BCUT2D eigenvalue weighted by Crippen LogP contribution is -2.51. The minimum atomic E-state index is -3.00. The number of hydrogen-bond donors (Lipinski definition) is 2. The van der Waals surface area contributed by atoms with Crippen molar-refractivity contribution in [2.45, 2.75) is 37.0 Å². The Morgan fingerprint density at radius 3 is 2.91 bits per heavy atom. The molecule has 32 heavy (non-hydrogen) atoms. The molecule has 1 fully saturated rings. The maximum atomic E-state index is 14.6. The molecule has 0 bridgehead atoms. The zero-order valence-corrected chi connectivity index (χ0v) is 17.6. The number of halogens is 2. The van der Waals surface area contributed by atoms with Crippen LogP contribution >= 0.6 is 0 Å². The Hall–Kier alpha value is -2.69. The van der Waals surface area contributed by atoms with Crippen LogP contribution in [0.1, 0.15) is 28.8 Å². The topological polar surface area (TPSA) is 96.8 Å².